The smallest absolute Gasteiger partial charge is 0.310 e. The Morgan fingerprint density at radius 3 is 2.66 bits per heavy atom. The van der Waals surface area contributed by atoms with Crippen LogP contribution in [0.1, 0.15) is 19.8 Å². The molecule has 2 aromatic heterocycles. The van der Waals surface area contributed by atoms with Gasteiger partial charge in [0.05, 0.1) is 29.3 Å². The topological polar surface area (TPSA) is 99.2 Å². The molecule has 180 valence electrons. The second-order valence-electron chi connectivity index (χ2n) is 8.40. The summed E-state index contributed by atoms with van der Waals surface area (Å²) in [6, 6.07) is 11.9. The van der Waals surface area contributed by atoms with Gasteiger partial charge in [0, 0.05) is 18.7 Å². The largest absolute Gasteiger partial charge is 0.466 e. The molecule has 3 heterocycles. The maximum Gasteiger partial charge on any atom is 0.310 e. The zero-order valence-corrected chi connectivity index (χ0v) is 19.1. The lowest BCUT2D eigenvalue weighted by atomic mass is 9.98. The van der Waals surface area contributed by atoms with Crippen molar-refractivity contribution in [2.24, 2.45) is 5.92 Å². The molecule has 2 N–H and O–H groups in total. The van der Waals surface area contributed by atoms with E-state index < -0.39 is 11.6 Å². The van der Waals surface area contributed by atoms with Gasteiger partial charge in [-0.25, -0.2) is 18.4 Å². The summed E-state index contributed by atoms with van der Waals surface area (Å²) in [5.41, 5.74) is 8.07. The van der Waals surface area contributed by atoms with Crippen molar-refractivity contribution >= 4 is 28.8 Å². The molecule has 1 aliphatic rings. The van der Waals surface area contributed by atoms with Crippen molar-refractivity contribution in [3.05, 3.63) is 60.2 Å². The minimum absolute atomic E-state index is 0.208. The molecule has 8 nitrogen and oxygen atoms in total. The molecule has 10 heteroatoms. The first-order valence-corrected chi connectivity index (χ1v) is 11.4. The zero-order valence-electron chi connectivity index (χ0n) is 19.1. The van der Waals surface area contributed by atoms with Gasteiger partial charge in [-0.1, -0.05) is 18.2 Å². The number of aromatic nitrogens is 4. The van der Waals surface area contributed by atoms with Crippen LogP contribution in [0, 0.1) is 17.6 Å². The van der Waals surface area contributed by atoms with Crippen molar-refractivity contribution in [2.45, 2.75) is 19.8 Å². The number of rotatable bonds is 5. The molecular weight excluding hydrogens is 454 g/mol. The summed E-state index contributed by atoms with van der Waals surface area (Å²) in [6.07, 6.45) is 1.48. The molecule has 1 unspecified atom stereocenters. The number of carbonyl (C=O) groups excluding carboxylic acids is 1. The van der Waals surface area contributed by atoms with E-state index in [4.69, 9.17) is 15.5 Å². The van der Waals surface area contributed by atoms with Crippen molar-refractivity contribution in [2.75, 3.05) is 30.3 Å². The molecule has 1 aliphatic heterocycles. The highest BCUT2D eigenvalue weighted by molar-refractivity contribution is 5.99. The molecule has 2 aromatic carbocycles. The fourth-order valence-electron chi connectivity index (χ4n) is 4.40. The highest BCUT2D eigenvalue weighted by atomic mass is 19.1. The van der Waals surface area contributed by atoms with Crippen LogP contribution in [-0.4, -0.2) is 45.4 Å². The minimum atomic E-state index is -0.433. The van der Waals surface area contributed by atoms with E-state index in [0.29, 0.717) is 48.0 Å². The highest BCUT2D eigenvalue weighted by Gasteiger charge is 2.29. The molecule has 0 aliphatic carbocycles. The van der Waals surface area contributed by atoms with Gasteiger partial charge >= 0.3 is 5.97 Å². The van der Waals surface area contributed by atoms with Crippen molar-refractivity contribution in [3.63, 3.8) is 0 Å². The molecule has 4 aromatic rings. The van der Waals surface area contributed by atoms with Gasteiger partial charge in [-0.05, 0) is 50.1 Å². The van der Waals surface area contributed by atoms with Crippen LogP contribution in [0.15, 0.2) is 48.5 Å². The second-order valence-corrected chi connectivity index (χ2v) is 8.40. The SMILES string of the molecule is CCOC(=O)C1CCCN(c2nc(-c3cccc(F)c3)c3c(N)n(-c4cccc(F)c4)nc3n2)C1. The van der Waals surface area contributed by atoms with Crippen LogP contribution < -0.4 is 10.6 Å². The Balaban J connectivity index is 1.65. The molecule has 35 heavy (non-hydrogen) atoms. The van der Waals surface area contributed by atoms with Crippen LogP contribution in [-0.2, 0) is 9.53 Å². The maximum atomic E-state index is 14.1. The van der Waals surface area contributed by atoms with Crippen molar-refractivity contribution < 1.29 is 18.3 Å². The van der Waals surface area contributed by atoms with Crippen LogP contribution in [0.5, 0.6) is 0 Å². The van der Waals surface area contributed by atoms with E-state index in [-0.39, 0.29) is 23.4 Å². The predicted octanol–water partition coefficient (Wildman–Crippen LogP) is 4.12. The first kappa shape index (κ1) is 22.7. The van der Waals surface area contributed by atoms with E-state index >= 15 is 0 Å². The number of benzene rings is 2. The van der Waals surface area contributed by atoms with Crippen LogP contribution in [0.25, 0.3) is 28.0 Å². The molecular formula is C25H24F2N6O2. The maximum absolute atomic E-state index is 14.1. The summed E-state index contributed by atoms with van der Waals surface area (Å²) >= 11 is 0. The molecule has 0 radical (unpaired) electrons. The van der Waals surface area contributed by atoms with E-state index in [9.17, 15) is 13.6 Å². The molecule has 1 saturated heterocycles. The third-order valence-electron chi connectivity index (χ3n) is 6.03. The Kier molecular flexibility index (Phi) is 6.02. The number of halogens is 2. The Labute approximate surface area is 200 Å². The predicted molar refractivity (Wildman–Crippen MR) is 128 cm³/mol. The zero-order chi connectivity index (χ0) is 24.5. The Bertz CT molecular complexity index is 1410. The fourth-order valence-corrected chi connectivity index (χ4v) is 4.40. The lowest BCUT2D eigenvalue weighted by Crippen LogP contribution is -2.40. The normalized spacial score (nSPS) is 16.0. The van der Waals surface area contributed by atoms with E-state index in [1.54, 1.807) is 31.2 Å². The molecule has 1 fully saturated rings. The quantitative estimate of drug-likeness (QED) is 0.431. The molecule has 0 amide bonds. The fraction of sp³-hybridized carbons (Fsp3) is 0.280. The van der Waals surface area contributed by atoms with Gasteiger partial charge in [-0.3, -0.25) is 4.79 Å². The summed E-state index contributed by atoms with van der Waals surface area (Å²) in [5, 5.41) is 4.97. The Morgan fingerprint density at radius 1 is 1.14 bits per heavy atom. The van der Waals surface area contributed by atoms with E-state index in [1.165, 1.54) is 28.9 Å². The number of carbonyl (C=O) groups is 1. The lowest BCUT2D eigenvalue weighted by Gasteiger charge is -2.31. The number of fused-ring (bicyclic) bond motifs is 1. The third kappa shape index (κ3) is 4.39. The van der Waals surface area contributed by atoms with Crippen molar-refractivity contribution in [1.82, 2.24) is 19.7 Å². The average molecular weight is 479 g/mol. The molecule has 0 bridgehead atoms. The molecule has 0 spiro atoms. The van der Waals surface area contributed by atoms with Gasteiger partial charge in [0.15, 0.2) is 5.65 Å². The van der Waals surface area contributed by atoms with Crippen molar-refractivity contribution in [1.29, 1.82) is 0 Å². The van der Waals surface area contributed by atoms with Gasteiger partial charge in [-0.2, -0.15) is 4.98 Å². The Morgan fingerprint density at radius 2 is 1.91 bits per heavy atom. The van der Waals surface area contributed by atoms with Gasteiger partial charge in [0.2, 0.25) is 5.95 Å². The monoisotopic (exact) mass is 478 g/mol. The van der Waals surface area contributed by atoms with Crippen LogP contribution in [0.2, 0.25) is 0 Å². The van der Waals surface area contributed by atoms with Crippen LogP contribution >= 0.6 is 0 Å². The van der Waals surface area contributed by atoms with Gasteiger partial charge < -0.3 is 15.4 Å². The number of hydrogen-bond acceptors (Lipinski definition) is 7. The summed E-state index contributed by atoms with van der Waals surface area (Å²) in [4.78, 5) is 23.6. The van der Waals surface area contributed by atoms with Gasteiger partial charge in [-0.15, -0.1) is 5.10 Å². The summed E-state index contributed by atoms with van der Waals surface area (Å²) in [7, 11) is 0. The second kappa shape index (κ2) is 9.28. The number of anilines is 2. The first-order chi connectivity index (χ1) is 16.9. The van der Waals surface area contributed by atoms with E-state index in [1.807, 2.05) is 4.90 Å². The molecule has 0 saturated carbocycles. The number of nitrogens with zero attached hydrogens (tertiary/aromatic N) is 5. The summed E-state index contributed by atoms with van der Waals surface area (Å²) in [5.74, 6) is -0.836. The van der Waals surface area contributed by atoms with Crippen molar-refractivity contribution in [3.8, 4) is 16.9 Å². The van der Waals surface area contributed by atoms with Gasteiger partial charge in [0.1, 0.15) is 17.5 Å². The first-order valence-electron chi connectivity index (χ1n) is 11.4. The number of nitrogens with two attached hydrogens (primary N) is 1. The Hall–Kier alpha value is -4.08. The summed E-state index contributed by atoms with van der Waals surface area (Å²) < 4.78 is 34.6. The van der Waals surface area contributed by atoms with E-state index in [0.717, 1.165) is 12.8 Å². The van der Waals surface area contributed by atoms with Crippen LogP contribution in [0.3, 0.4) is 0 Å². The average Bonchev–Trinajstić information content (AvgIpc) is 3.20. The number of nitrogen functional groups attached to an aromatic ring is 1. The minimum Gasteiger partial charge on any atom is -0.466 e. The summed E-state index contributed by atoms with van der Waals surface area (Å²) in [6.45, 7) is 3.13. The van der Waals surface area contributed by atoms with Crippen LogP contribution in [0.4, 0.5) is 20.5 Å². The number of piperidine rings is 1. The number of hydrogen-bond donors (Lipinski definition) is 1. The molecule has 1 atom stereocenters. The lowest BCUT2D eigenvalue weighted by molar-refractivity contribution is -0.148. The third-order valence-corrected chi connectivity index (χ3v) is 6.03. The highest BCUT2D eigenvalue weighted by Crippen LogP contribution is 2.34. The number of ether oxygens (including phenoxy) is 1. The standard InChI is InChI=1S/C25H24F2N6O2/c1-2-35-24(34)16-7-5-11-32(14-16)25-29-21(15-6-3-8-17(26)12-15)20-22(28)33(31-23(20)30-25)19-10-4-9-18(27)13-19/h3-4,6,8-10,12-13,16H,2,5,7,11,14,28H2,1H3. The van der Waals surface area contributed by atoms with E-state index in [2.05, 4.69) is 10.1 Å². The van der Waals surface area contributed by atoms with Gasteiger partial charge in [0.25, 0.3) is 0 Å². The number of esters is 1. The molecule has 5 rings (SSSR count).